The summed E-state index contributed by atoms with van der Waals surface area (Å²) in [6.45, 7) is 2.48. The highest BCUT2D eigenvalue weighted by Gasteiger charge is 2.15. The van der Waals surface area contributed by atoms with E-state index < -0.39 is 12.2 Å². The summed E-state index contributed by atoms with van der Waals surface area (Å²) < 4.78 is 19.8. The average Bonchev–Trinajstić information content (AvgIpc) is 2.72. The molecule has 0 radical (unpaired) electrons. The summed E-state index contributed by atoms with van der Waals surface area (Å²) in [4.78, 5) is 0. The maximum absolute atomic E-state index is 9.94. The summed E-state index contributed by atoms with van der Waals surface area (Å²) >= 11 is 14.2. The van der Waals surface area contributed by atoms with Crippen LogP contribution in [0, 0.1) is 12.3 Å². The Bertz CT molecular complexity index is 898. The fourth-order valence-corrected chi connectivity index (χ4v) is 5.74. The zero-order valence-corrected chi connectivity index (χ0v) is 23.8. The largest absolute Gasteiger partial charge is 0.489 e. The fraction of sp³-hybridized carbons (Fsp3) is 0.391. The monoisotopic (exact) mass is 696 g/mol. The van der Waals surface area contributed by atoms with E-state index in [9.17, 15) is 10.2 Å². The minimum Gasteiger partial charge on any atom is -0.489 e. The van der Waals surface area contributed by atoms with Crippen LogP contribution in [-0.4, -0.2) is 48.8 Å². The van der Waals surface area contributed by atoms with Crippen LogP contribution < -0.4 is 9.47 Å². The minimum absolute atomic E-state index is 0.0786. The van der Waals surface area contributed by atoms with Crippen LogP contribution in [0.15, 0.2) is 42.2 Å². The Morgan fingerprint density at radius 3 is 1.66 bits per heavy atom. The number of hydrogen-bond acceptors (Lipinski definition) is 5. The Balaban J connectivity index is 2.06. The van der Waals surface area contributed by atoms with Gasteiger partial charge in [0, 0.05) is 0 Å². The summed E-state index contributed by atoms with van der Waals surface area (Å²) in [6, 6.07) is 7.95. The molecule has 2 N–H and O–H groups in total. The molecular weight excluding hydrogens is 676 g/mol. The third-order valence-corrected chi connectivity index (χ3v) is 6.69. The van der Waals surface area contributed by atoms with E-state index in [1.165, 1.54) is 0 Å². The molecule has 0 aromatic heterocycles. The molecule has 0 aliphatic heterocycles. The van der Waals surface area contributed by atoms with Crippen LogP contribution in [0.4, 0.5) is 0 Å². The lowest BCUT2D eigenvalue weighted by Crippen LogP contribution is -2.23. The molecule has 2 unspecified atom stereocenters. The van der Waals surface area contributed by atoms with Crippen molar-refractivity contribution in [2.45, 2.75) is 32.0 Å². The summed E-state index contributed by atoms with van der Waals surface area (Å²) in [7, 11) is 0. The molecule has 0 bridgehead atoms. The average molecular weight is 700 g/mol. The molecule has 2 rings (SSSR count). The third-order valence-electron chi connectivity index (χ3n) is 4.33. The molecule has 0 aliphatic carbocycles. The molecule has 0 heterocycles. The third kappa shape index (κ3) is 8.64. The molecule has 0 saturated heterocycles. The maximum Gasteiger partial charge on any atom is 0.147 e. The predicted molar refractivity (Wildman–Crippen MR) is 139 cm³/mol. The van der Waals surface area contributed by atoms with Gasteiger partial charge in [-0.05, 0) is 112 Å². The van der Waals surface area contributed by atoms with E-state index in [0.29, 0.717) is 24.3 Å². The van der Waals surface area contributed by atoms with E-state index in [0.717, 1.165) is 29.0 Å². The van der Waals surface area contributed by atoms with Crippen molar-refractivity contribution in [3.63, 3.8) is 0 Å². The predicted octanol–water partition coefficient (Wildman–Crippen LogP) is 5.87. The van der Waals surface area contributed by atoms with E-state index in [2.05, 4.69) is 69.6 Å². The first-order chi connectivity index (χ1) is 15.2. The number of terminal acetylenes is 1. The highest BCUT2D eigenvalue weighted by molar-refractivity contribution is 9.11. The molecule has 2 aromatic rings. The van der Waals surface area contributed by atoms with Gasteiger partial charge in [-0.1, -0.05) is 12.8 Å². The summed E-state index contributed by atoms with van der Waals surface area (Å²) in [6.07, 6.45) is 5.15. The second-order valence-electron chi connectivity index (χ2n) is 7.01. The summed E-state index contributed by atoms with van der Waals surface area (Å²) in [5.41, 5.74) is 2.13. The normalized spacial score (nSPS) is 12.8. The number of aliphatic hydroxyl groups is 2. The molecule has 9 heteroatoms. The van der Waals surface area contributed by atoms with Gasteiger partial charge in [0.05, 0.1) is 30.6 Å². The zero-order valence-electron chi connectivity index (χ0n) is 17.4. The van der Waals surface area contributed by atoms with Crippen LogP contribution in [0.3, 0.4) is 0 Å². The Kier molecular flexibility index (Phi) is 12.1. The topological polar surface area (TPSA) is 68.2 Å². The Labute approximate surface area is 222 Å². The highest BCUT2D eigenvalue weighted by atomic mass is 79.9. The van der Waals surface area contributed by atoms with E-state index in [1.807, 2.05) is 31.2 Å². The van der Waals surface area contributed by atoms with E-state index in [-0.39, 0.29) is 26.4 Å². The molecule has 32 heavy (non-hydrogen) atoms. The SMILES string of the molecule is C#CCOCC(O)COc1c(Br)cc(Cc2cc(Br)c(OCC(O)CC)c(Br)c2)cc1Br. The number of hydrogen-bond donors (Lipinski definition) is 2. The lowest BCUT2D eigenvalue weighted by Gasteiger charge is -2.16. The van der Waals surface area contributed by atoms with E-state index in [4.69, 9.17) is 20.6 Å². The van der Waals surface area contributed by atoms with Gasteiger partial charge >= 0.3 is 0 Å². The first-order valence-electron chi connectivity index (χ1n) is 9.83. The van der Waals surface area contributed by atoms with Crippen molar-refractivity contribution in [1.29, 1.82) is 0 Å². The van der Waals surface area contributed by atoms with Crippen molar-refractivity contribution in [2.24, 2.45) is 0 Å². The quantitative estimate of drug-likeness (QED) is 0.215. The van der Waals surface area contributed by atoms with Crippen LogP contribution in [0.25, 0.3) is 0 Å². The molecule has 0 fully saturated rings. The van der Waals surface area contributed by atoms with Crippen molar-refractivity contribution in [3.8, 4) is 23.8 Å². The first-order valence-corrected chi connectivity index (χ1v) is 13.0. The van der Waals surface area contributed by atoms with Gasteiger partial charge in [-0.25, -0.2) is 0 Å². The van der Waals surface area contributed by atoms with Crippen molar-refractivity contribution in [1.82, 2.24) is 0 Å². The lowest BCUT2D eigenvalue weighted by molar-refractivity contribution is 0.0225. The second-order valence-corrected chi connectivity index (χ2v) is 10.4. The summed E-state index contributed by atoms with van der Waals surface area (Å²) in [5, 5.41) is 19.7. The van der Waals surface area contributed by atoms with Crippen LogP contribution in [0.2, 0.25) is 0 Å². The molecule has 0 spiro atoms. The van der Waals surface area contributed by atoms with Crippen molar-refractivity contribution in [3.05, 3.63) is 53.3 Å². The Hall–Kier alpha value is -0.600. The lowest BCUT2D eigenvalue weighted by atomic mass is 10.0. The number of aliphatic hydroxyl groups excluding tert-OH is 2. The Morgan fingerprint density at radius 1 is 0.812 bits per heavy atom. The van der Waals surface area contributed by atoms with E-state index >= 15 is 0 Å². The van der Waals surface area contributed by atoms with Crippen molar-refractivity contribution >= 4 is 63.7 Å². The summed E-state index contributed by atoms with van der Waals surface area (Å²) in [5.74, 6) is 3.62. The molecular formula is C23H24Br4O5. The molecule has 2 aromatic carbocycles. The number of rotatable bonds is 12. The van der Waals surface area contributed by atoms with Crippen molar-refractivity contribution in [2.75, 3.05) is 26.4 Å². The fourth-order valence-electron chi connectivity index (χ4n) is 2.72. The van der Waals surface area contributed by atoms with Gasteiger partial charge in [-0.15, -0.1) is 6.42 Å². The number of benzene rings is 2. The van der Waals surface area contributed by atoms with Gasteiger partial charge < -0.3 is 24.4 Å². The molecule has 2 atom stereocenters. The number of ether oxygens (including phenoxy) is 3. The van der Waals surface area contributed by atoms with Gasteiger partial charge in [-0.3, -0.25) is 0 Å². The van der Waals surface area contributed by atoms with Gasteiger partial charge in [0.2, 0.25) is 0 Å². The zero-order chi connectivity index (χ0) is 23.7. The molecule has 0 amide bonds. The Morgan fingerprint density at radius 2 is 1.25 bits per heavy atom. The van der Waals surface area contributed by atoms with Crippen LogP contribution in [-0.2, 0) is 11.2 Å². The molecule has 5 nitrogen and oxygen atoms in total. The smallest absolute Gasteiger partial charge is 0.147 e. The van der Waals surface area contributed by atoms with Crippen LogP contribution in [0.5, 0.6) is 11.5 Å². The molecule has 0 aliphatic rings. The van der Waals surface area contributed by atoms with E-state index in [1.54, 1.807) is 0 Å². The van der Waals surface area contributed by atoms with Crippen molar-refractivity contribution < 1.29 is 24.4 Å². The van der Waals surface area contributed by atoms with Gasteiger partial charge in [0.15, 0.2) is 0 Å². The highest BCUT2D eigenvalue weighted by Crippen LogP contribution is 2.38. The van der Waals surface area contributed by atoms with Gasteiger partial charge in [0.25, 0.3) is 0 Å². The molecule has 174 valence electrons. The van der Waals surface area contributed by atoms with Gasteiger partial charge in [-0.2, -0.15) is 0 Å². The van der Waals surface area contributed by atoms with Crippen LogP contribution >= 0.6 is 63.7 Å². The minimum atomic E-state index is -0.782. The first kappa shape index (κ1) is 27.6. The molecule has 0 saturated carbocycles. The second kappa shape index (κ2) is 14.0. The maximum atomic E-state index is 9.94. The standard InChI is InChI=1S/C23H24Br4O5/c1-3-5-30-11-17(29)13-32-23-20(26)9-15(10-21(23)27)6-14-7-18(24)22(19(25)8-14)31-12-16(28)4-2/h1,7-10,16-17,28-29H,4-6,11-13H2,2H3. The van der Waals surface area contributed by atoms with Gasteiger partial charge in [0.1, 0.15) is 37.4 Å². The number of halogens is 4. The van der Waals surface area contributed by atoms with Crippen LogP contribution in [0.1, 0.15) is 24.5 Å².